The lowest BCUT2D eigenvalue weighted by Gasteiger charge is -2.23. The molecule has 4 heterocycles. The maximum atomic E-state index is 13.3. The second-order valence-corrected chi connectivity index (χ2v) is 8.99. The van der Waals surface area contributed by atoms with Gasteiger partial charge in [0.15, 0.2) is 4.80 Å². The molecule has 1 unspecified atom stereocenters. The number of thiophene rings is 1. The maximum Gasteiger partial charge on any atom is 0.338 e. The van der Waals surface area contributed by atoms with Gasteiger partial charge in [-0.05, 0) is 38.3 Å². The van der Waals surface area contributed by atoms with Crippen LogP contribution in [0.25, 0.3) is 6.08 Å². The predicted octanol–water partition coefficient (Wildman–Crippen LogP) is 2.62. The summed E-state index contributed by atoms with van der Waals surface area (Å²) in [6.07, 6.45) is 1.85. The first-order chi connectivity index (χ1) is 13.5. The number of ether oxygens (including phenoxy) is 1. The van der Waals surface area contributed by atoms with Crippen LogP contribution in [-0.4, -0.2) is 22.1 Å². The van der Waals surface area contributed by atoms with Crippen LogP contribution in [0.5, 0.6) is 0 Å². The summed E-state index contributed by atoms with van der Waals surface area (Å²) in [7, 11) is 0. The standard InChI is InChI=1S/C19H17N3O3S3/c1-4-25-18(24)15-11(3)21-19-22(16(15)12-6-5-7-26-12)17(23)14(28-19)8-13-10(2)20-9-27-13/h5-9,16H,4H2,1-3H3/b14-8+. The van der Waals surface area contributed by atoms with Gasteiger partial charge in [-0.3, -0.25) is 9.36 Å². The highest BCUT2D eigenvalue weighted by Gasteiger charge is 2.33. The highest BCUT2D eigenvalue weighted by atomic mass is 32.1. The van der Waals surface area contributed by atoms with Crippen LogP contribution in [-0.2, 0) is 9.53 Å². The van der Waals surface area contributed by atoms with Gasteiger partial charge in [-0.1, -0.05) is 17.4 Å². The Hall–Kier alpha value is -2.36. The van der Waals surface area contributed by atoms with E-state index in [1.165, 1.54) is 34.0 Å². The average molecular weight is 432 g/mol. The predicted molar refractivity (Wildman–Crippen MR) is 112 cm³/mol. The third-order valence-corrected chi connectivity index (χ3v) is 7.16. The highest BCUT2D eigenvalue weighted by molar-refractivity contribution is 7.11. The quantitative estimate of drug-likeness (QED) is 0.595. The number of esters is 1. The van der Waals surface area contributed by atoms with Gasteiger partial charge >= 0.3 is 5.97 Å². The molecule has 28 heavy (non-hydrogen) atoms. The summed E-state index contributed by atoms with van der Waals surface area (Å²) in [5.74, 6) is -0.435. The molecule has 1 aliphatic heterocycles. The van der Waals surface area contributed by atoms with Crippen molar-refractivity contribution in [1.29, 1.82) is 0 Å². The first kappa shape index (κ1) is 19.0. The summed E-state index contributed by atoms with van der Waals surface area (Å²) >= 11 is 4.32. The molecule has 0 bridgehead atoms. The van der Waals surface area contributed by atoms with Crippen LogP contribution in [0.2, 0.25) is 0 Å². The average Bonchev–Trinajstić information content (AvgIpc) is 3.38. The van der Waals surface area contributed by atoms with Gasteiger partial charge in [0, 0.05) is 4.88 Å². The number of carbonyl (C=O) groups excluding carboxylic acids is 1. The third kappa shape index (κ3) is 3.19. The molecule has 3 aromatic rings. The lowest BCUT2D eigenvalue weighted by Crippen LogP contribution is -2.39. The van der Waals surface area contributed by atoms with E-state index in [0.29, 0.717) is 20.6 Å². The van der Waals surface area contributed by atoms with Gasteiger partial charge in [0.2, 0.25) is 0 Å². The molecule has 0 saturated heterocycles. The molecule has 6 nitrogen and oxygen atoms in total. The van der Waals surface area contributed by atoms with Crippen molar-refractivity contribution < 1.29 is 9.53 Å². The molecule has 0 aliphatic carbocycles. The Morgan fingerprint density at radius 1 is 1.36 bits per heavy atom. The number of nitrogens with zero attached hydrogens (tertiary/aromatic N) is 3. The van der Waals surface area contributed by atoms with Crippen LogP contribution in [0.4, 0.5) is 0 Å². The van der Waals surface area contributed by atoms with Crippen LogP contribution >= 0.6 is 34.0 Å². The minimum absolute atomic E-state index is 0.163. The molecule has 3 aromatic heterocycles. The molecule has 4 rings (SSSR count). The minimum atomic E-state index is -0.528. The van der Waals surface area contributed by atoms with Crippen LogP contribution in [0.3, 0.4) is 0 Å². The molecule has 9 heteroatoms. The zero-order valence-electron chi connectivity index (χ0n) is 15.5. The van der Waals surface area contributed by atoms with Crippen molar-refractivity contribution in [2.45, 2.75) is 26.8 Å². The number of hydrogen-bond donors (Lipinski definition) is 0. The number of thiazole rings is 2. The Bertz CT molecular complexity index is 1250. The fourth-order valence-electron chi connectivity index (χ4n) is 3.08. The summed E-state index contributed by atoms with van der Waals surface area (Å²) in [6, 6.07) is 3.31. The number of aryl methyl sites for hydroxylation is 1. The highest BCUT2D eigenvalue weighted by Crippen LogP contribution is 2.33. The molecule has 0 spiro atoms. The molecule has 0 saturated carbocycles. The van der Waals surface area contributed by atoms with Crippen molar-refractivity contribution in [3.63, 3.8) is 0 Å². The van der Waals surface area contributed by atoms with Gasteiger partial charge in [-0.15, -0.1) is 22.7 Å². The van der Waals surface area contributed by atoms with Gasteiger partial charge < -0.3 is 4.74 Å². The summed E-state index contributed by atoms with van der Waals surface area (Å²) in [6.45, 7) is 5.73. The number of fused-ring (bicyclic) bond motifs is 1. The fraction of sp³-hybridized carbons (Fsp3) is 0.263. The van der Waals surface area contributed by atoms with Gasteiger partial charge in [-0.2, -0.15) is 0 Å². The Morgan fingerprint density at radius 2 is 2.18 bits per heavy atom. The van der Waals surface area contributed by atoms with E-state index in [9.17, 15) is 9.59 Å². The Balaban J connectivity index is 1.96. The Morgan fingerprint density at radius 3 is 2.82 bits per heavy atom. The van der Waals surface area contributed by atoms with Crippen molar-refractivity contribution in [3.8, 4) is 0 Å². The lowest BCUT2D eigenvalue weighted by atomic mass is 10.0. The van der Waals surface area contributed by atoms with E-state index in [-0.39, 0.29) is 12.2 Å². The molecule has 0 N–H and O–H groups in total. The number of hydrogen-bond acceptors (Lipinski definition) is 8. The van der Waals surface area contributed by atoms with Crippen LogP contribution in [0.15, 0.2) is 44.1 Å². The topological polar surface area (TPSA) is 73.6 Å². The van der Waals surface area contributed by atoms with Gasteiger partial charge in [0.25, 0.3) is 5.56 Å². The van der Waals surface area contributed by atoms with E-state index in [4.69, 9.17) is 4.74 Å². The van der Waals surface area contributed by atoms with Crippen molar-refractivity contribution in [2.75, 3.05) is 6.61 Å². The van der Waals surface area contributed by atoms with E-state index < -0.39 is 12.0 Å². The monoisotopic (exact) mass is 431 g/mol. The summed E-state index contributed by atoms with van der Waals surface area (Å²) in [5, 5.41) is 1.93. The lowest BCUT2D eigenvalue weighted by molar-refractivity contribution is -0.139. The molecule has 0 radical (unpaired) electrons. The molecule has 0 amide bonds. The van der Waals surface area contributed by atoms with E-state index in [2.05, 4.69) is 9.98 Å². The summed E-state index contributed by atoms with van der Waals surface area (Å²) < 4.78 is 7.45. The van der Waals surface area contributed by atoms with E-state index in [0.717, 1.165) is 15.4 Å². The first-order valence-corrected chi connectivity index (χ1v) is 11.2. The van der Waals surface area contributed by atoms with Crippen LogP contribution in [0, 0.1) is 6.92 Å². The van der Waals surface area contributed by atoms with Gasteiger partial charge in [0.1, 0.15) is 6.04 Å². The zero-order valence-corrected chi connectivity index (χ0v) is 17.9. The van der Waals surface area contributed by atoms with Gasteiger partial charge in [0.05, 0.1) is 38.5 Å². The number of allylic oxidation sites excluding steroid dienone is 1. The Labute approximate surface area is 172 Å². The van der Waals surface area contributed by atoms with Crippen molar-refractivity contribution >= 4 is 46.1 Å². The SMILES string of the molecule is CCOC(=O)C1=C(C)N=c2s/c(=C/c3scnc3C)c(=O)n2C1c1cccs1. The van der Waals surface area contributed by atoms with Crippen molar-refractivity contribution in [2.24, 2.45) is 4.99 Å². The molecule has 1 atom stereocenters. The minimum Gasteiger partial charge on any atom is -0.463 e. The Kier molecular flexibility index (Phi) is 5.13. The second-order valence-electron chi connectivity index (χ2n) is 6.12. The normalized spacial score (nSPS) is 16.8. The van der Waals surface area contributed by atoms with Crippen molar-refractivity contribution in [1.82, 2.24) is 9.55 Å². The van der Waals surface area contributed by atoms with Crippen LogP contribution in [0.1, 0.15) is 35.3 Å². The number of carbonyl (C=O) groups is 1. The molecule has 1 aliphatic rings. The summed E-state index contributed by atoms with van der Waals surface area (Å²) in [5.41, 5.74) is 3.48. The molecule has 0 fully saturated rings. The van der Waals surface area contributed by atoms with Crippen LogP contribution < -0.4 is 14.9 Å². The molecular weight excluding hydrogens is 414 g/mol. The second kappa shape index (κ2) is 7.57. The molecule has 144 valence electrons. The largest absolute Gasteiger partial charge is 0.463 e. The van der Waals surface area contributed by atoms with Gasteiger partial charge in [-0.25, -0.2) is 14.8 Å². The fourth-order valence-corrected chi connectivity index (χ4v) is 5.74. The molecular formula is C19H17N3O3S3. The third-order valence-electron chi connectivity index (χ3n) is 4.37. The zero-order chi connectivity index (χ0) is 19.8. The van der Waals surface area contributed by atoms with E-state index >= 15 is 0 Å². The molecule has 0 aromatic carbocycles. The maximum absolute atomic E-state index is 13.3. The number of aromatic nitrogens is 2. The van der Waals surface area contributed by atoms with Crippen molar-refractivity contribution in [3.05, 3.63) is 69.4 Å². The smallest absolute Gasteiger partial charge is 0.338 e. The first-order valence-electron chi connectivity index (χ1n) is 8.64. The summed E-state index contributed by atoms with van der Waals surface area (Å²) in [4.78, 5) is 37.2. The number of rotatable bonds is 4. The van der Waals surface area contributed by atoms with E-state index in [1.807, 2.05) is 30.5 Å². The van der Waals surface area contributed by atoms with E-state index in [1.54, 1.807) is 23.9 Å².